The van der Waals surface area contributed by atoms with Gasteiger partial charge in [-0.25, -0.2) is 4.39 Å². The van der Waals surface area contributed by atoms with Crippen LogP contribution in [0.3, 0.4) is 0 Å². The third-order valence-corrected chi connectivity index (χ3v) is 4.82. The Bertz CT molecular complexity index is 867. The van der Waals surface area contributed by atoms with Gasteiger partial charge in [0.15, 0.2) is 0 Å². The van der Waals surface area contributed by atoms with Gasteiger partial charge in [-0.3, -0.25) is 4.79 Å². The Morgan fingerprint density at radius 2 is 1.42 bits per heavy atom. The van der Waals surface area contributed by atoms with E-state index in [0.29, 0.717) is 18.7 Å². The molecule has 2 heterocycles. The van der Waals surface area contributed by atoms with Crippen molar-refractivity contribution in [1.29, 1.82) is 0 Å². The number of likely N-dealkylation sites (tertiary alicyclic amines) is 1. The van der Waals surface area contributed by atoms with Gasteiger partial charge >= 0.3 is 0 Å². The van der Waals surface area contributed by atoms with E-state index in [1.54, 1.807) is 29.3 Å². The zero-order valence-corrected chi connectivity index (χ0v) is 14.3. The summed E-state index contributed by atoms with van der Waals surface area (Å²) in [6, 6.07) is 14.1. The highest BCUT2D eigenvalue weighted by molar-refractivity contribution is 5.94. The van der Waals surface area contributed by atoms with E-state index in [1.807, 2.05) is 29.2 Å². The van der Waals surface area contributed by atoms with Gasteiger partial charge in [-0.05, 0) is 48.2 Å². The van der Waals surface area contributed by atoms with Crippen molar-refractivity contribution in [1.82, 2.24) is 19.9 Å². The van der Waals surface area contributed by atoms with Crippen molar-refractivity contribution in [2.75, 3.05) is 13.1 Å². The van der Waals surface area contributed by atoms with Crippen LogP contribution in [0.4, 0.5) is 4.39 Å². The molecule has 0 N–H and O–H groups in total. The molecule has 0 radical (unpaired) electrons. The number of halogens is 1. The van der Waals surface area contributed by atoms with Crippen molar-refractivity contribution < 1.29 is 9.18 Å². The second-order valence-corrected chi connectivity index (χ2v) is 6.46. The Morgan fingerprint density at radius 1 is 0.885 bits per heavy atom. The van der Waals surface area contributed by atoms with Gasteiger partial charge in [-0.15, -0.1) is 0 Å². The second kappa shape index (κ2) is 7.07. The monoisotopic (exact) mass is 350 g/mol. The predicted octanol–water partition coefficient (Wildman–Crippen LogP) is 3.56. The van der Waals surface area contributed by atoms with Crippen LogP contribution < -0.4 is 0 Å². The fraction of sp³-hybridized carbons (Fsp3) is 0.250. The number of rotatable bonds is 3. The summed E-state index contributed by atoms with van der Waals surface area (Å²) < 4.78 is 13.0. The molecule has 1 amide bonds. The number of benzene rings is 2. The smallest absolute Gasteiger partial charge is 0.253 e. The van der Waals surface area contributed by atoms with E-state index in [9.17, 15) is 9.18 Å². The van der Waals surface area contributed by atoms with Gasteiger partial charge in [0, 0.05) is 18.7 Å². The summed E-state index contributed by atoms with van der Waals surface area (Å²) in [7, 11) is 0. The third-order valence-electron chi connectivity index (χ3n) is 4.82. The normalized spacial score (nSPS) is 15.2. The van der Waals surface area contributed by atoms with E-state index >= 15 is 0 Å². The third kappa shape index (κ3) is 3.35. The lowest BCUT2D eigenvalue weighted by molar-refractivity contribution is 0.0684. The molecule has 0 saturated carbocycles. The summed E-state index contributed by atoms with van der Waals surface area (Å²) in [6.07, 6.45) is 5.07. The fourth-order valence-corrected chi connectivity index (χ4v) is 3.34. The number of amides is 1. The lowest BCUT2D eigenvalue weighted by Crippen LogP contribution is -2.39. The standard InChI is InChI=1S/C20H19FN4O/c21-18-7-5-16(6-8-18)15-1-3-17(4-2-15)20(26)24-13-9-19(10-14-24)25-22-11-12-23-25/h1-8,11-12,19H,9-10,13-14H2. The molecule has 6 heteroatoms. The lowest BCUT2D eigenvalue weighted by Gasteiger charge is -2.31. The minimum absolute atomic E-state index is 0.0440. The van der Waals surface area contributed by atoms with E-state index in [0.717, 1.165) is 24.0 Å². The van der Waals surface area contributed by atoms with E-state index in [4.69, 9.17) is 0 Å². The van der Waals surface area contributed by atoms with Gasteiger partial charge < -0.3 is 4.90 Å². The topological polar surface area (TPSA) is 51.0 Å². The summed E-state index contributed by atoms with van der Waals surface area (Å²) in [5.41, 5.74) is 2.56. The number of hydrogen-bond donors (Lipinski definition) is 0. The molecule has 26 heavy (non-hydrogen) atoms. The number of carbonyl (C=O) groups is 1. The molecule has 0 bridgehead atoms. The fourth-order valence-electron chi connectivity index (χ4n) is 3.34. The first kappa shape index (κ1) is 16.4. The maximum atomic E-state index is 13.0. The lowest BCUT2D eigenvalue weighted by atomic mass is 10.0. The minimum Gasteiger partial charge on any atom is -0.338 e. The summed E-state index contributed by atoms with van der Waals surface area (Å²) in [6.45, 7) is 1.40. The van der Waals surface area contributed by atoms with Gasteiger partial charge in [-0.1, -0.05) is 24.3 Å². The molecule has 4 rings (SSSR count). The SMILES string of the molecule is O=C(c1ccc(-c2ccc(F)cc2)cc1)N1CCC(n2nccn2)CC1. The first-order valence-corrected chi connectivity index (χ1v) is 8.72. The summed E-state index contributed by atoms with van der Waals surface area (Å²) >= 11 is 0. The maximum absolute atomic E-state index is 13.0. The Morgan fingerprint density at radius 3 is 2.00 bits per heavy atom. The van der Waals surface area contributed by atoms with E-state index < -0.39 is 0 Å². The van der Waals surface area contributed by atoms with Crippen LogP contribution in [0.1, 0.15) is 29.2 Å². The van der Waals surface area contributed by atoms with Crippen LogP contribution in [0.25, 0.3) is 11.1 Å². The zero-order valence-electron chi connectivity index (χ0n) is 14.3. The number of aromatic nitrogens is 3. The average molecular weight is 350 g/mol. The number of nitrogens with zero attached hydrogens (tertiary/aromatic N) is 4. The van der Waals surface area contributed by atoms with Gasteiger partial charge in [0.1, 0.15) is 5.82 Å². The number of hydrogen-bond acceptors (Lipinski definition) is 3. The van der Waals surface area contributed by atoms with Gasteiger partial charge in [0.05, 0.1) is 18.4 Å². The summed E-state index contributed by atoms with van der Waals surface area (Å²) in [5, 5.41) is 8.38. The molecule has 0 unspecified atom stereocenters. The van der Waals surface area contributed by atoms with Crippen molar-refractivity contribution in [2.45, 2.75) is 18.9 Å². The highest BCUT2D eigenvalue weighted by Gasteiger charge is 2.25. The van der Waals surface area contributed by atoms with E-state index in [2.05, 4.69) is 10.2 Å². The van der Waals surface area contributed by atoms with Crippen LogP contribution in [0.15, 0.2) is 60.9 Å². The minimum atomic E-state index is -0.255. The highest BCUT2D eigenvalue weighted by Crippen LogP contribution is 2.24. The molecule has 1 aliphatic rings. The molecule has 1 aliphatic heterocycles. The molecule has 0 atom stereocenters. The van der Waals surface area contributed by atoms with Crippen LogP contribution in [0, 0.1) is 5.82 Å². The second-order valence-electron chi connectivity index (χ2n) is 6.46. The Hall–Kier alpha value is -3.02. The van der Waals surface area contributed by atoms with Crippen LogP contribution in [0.2, 0.25) is 0 Å². The van der Waals surface area contributed by atoms with Crippen molar-refractivity contribution in [2.24, 2.45) is 0 Å². The van der Waals surface area contributed by atoms with Gasteiger partial charge in [-0.2, -0.15) is 15.0 Å². The summed E-state index contributed by atoms with van der Waals surface area (Å²) in [4.78, 5) is 16.3. The van der Waals surface area contributed by atoms with Crippen molar-refractivity contribution >= 4 is 5.91 Å². The highest BCUT2D eigenvalue weighted by atomic mass is 19.1. The van der Waals surface area contributed by atoms with Crippen LogP contribution in [-0.2, 0) is 0 Å². The number of carbonyl (C=O) groups excluding carboxylic acids is 1. The average Bonchev–Trinajstić information content (AvgIpc) is 3.23. The van der Waals surface area contributed by atoms with E-state index in [-0.39, 0.29) is 17.8 Å². The molecule has 2 aromatic carbocycles. The Balaban J connectivity index is 1.41. The van der Waals surface area contributed by atoms with Crippen molar-refractivity contribution in [3.05, 3.63) is 72.3 Å². The van der Waals surface area contributed by atoms with Gasteiger partial charge in [0.25, 0.3) is 5.91 Å². The Labute approximate surface area is 151 Å². The molecule has 1 fully saturated rings. The molecule has 132 valence electrons. The first-order chi connectivity index (χ1) is 12.7. The van der Waals surface area contributed by atoms with E-state index in [1.165, 1.54) is 12.1 Å². The van der Waals surface area contributed by atoms with Gasteiger partial charge in [0.2, 0.25) is 0 Å². The molecular weight excluding hydrogens is 331 g/mol. The quantitative estimate of drug-likeness (QED) is 0.726. The molecule has 5 nitrogen and oxygen atoms in total. The van der Waals surface area contributed by atoms with Crippen molar-refractivity contribution in [3.63, 3.8) is 0 Å². The zero-order chi connectivity index (χ0) is 17.9. The molecular formula is C20H19FN4O. The maximum Gasteiger partial charge on any atom is 0.253 e. The summed E-state index contributed by atoms with van der Waals surface area (Å²) in [5.74, 6) is -0.211. The van der Waals surface area contributed by atoms with Crippen LogP contribution in [-0.4, -0.2) is 38.9 Å². The molecule has 1 saturated heterocycles. The molecule has 0 spiro atoms. The Kier molecular flexibility index (Phi) is 4.48. The van der Waals surface area contributed by atoms with Crippen LogP contribution in [0.5, 0.6) is 0 Å². The van der Waals surface area contributed by atoms with Crippen molar-refractivity contribution in [3.8, 4) is 11.1 Å². The molecule has 3 aromatic rings. The molecule has 1 aromatic heterocycles. The van der Waals surface area contributed by atoms with Crippen LogP contribution >= 0.6 is 0 Å². The largest absolute Gasteiger partial charge is 0.338 e. The first-order valence-electron chi connectivity index (χ1n) is 8.72. The molecule has 0 aliphatic carbocycles. The number of piperidine rings is 1. The predicted molar refractivity (Wildman–Crippen MR) is 96.0 cm³/mol.